The first-order valence-electron chi connectivity index (χ1n) is 8.81. The van der Waals surface area contributed by atoms with Crippen molar-refractivity contribution in [3.63, 3.8) is 0 Å². The largest absolute Gasteiger partial charge is 0.288 e. The van der Waals surface area contributed by atoms with Crippen LogP contribution < -0.4 is 0 Å². The second-order valence-electron chi connectivity index (χ2n) is 6.64. The monoisotopic (exact) mass is 430 g/mol. The summed E-state index contributed by atoms with van der Waals surface area (Å²) in [5, 5.41) is 5.65. The highest BCUT2D eigenvalue weighted by Crippen LogP contribution is 2.38. The Morgan fingerprint density at radius 2 is 1.59 bits per heavy atom. The summed E-state index contributed by atoms with van der Waals surface area (Å²) in [6.07, 6.45) is 3.47. The van der Waals surface area contributed by atoms with Crippen LogP contribution in [0.4, 0.5) is 0 Å². The highest BCUT2D eigenvalue weighted by molar-refractivity contribution is 7.30. The number of aromatic nitrogens is 2. The molecule has 4 nitrogen and oxygen atoms in total. The van der Waals surface area contributed by atoms with Crippen molar-refractivity contribution in [2.24, 2.45) is 0 Å². The lowest BCUT2D eigenvalue weighted by Gasteiger charge is -2.00. The van der Waals surface area contributed by atoms with Crippen LogP contribution in [0.3, 0.4) is 0 Å². The van der Waals surface area contributed by atoms with Crippen LogP contribution in [-0.4, -0.2) is 21.5 Å². The number of hydrogen-bond acceptors (Lipinski definition) is 7. The van der Waals surface area contributed by atoms with E-state index in [1.807, 2.05) is 47.8 Å². The molecule has 3 aromatic heterocycles. The van der Waals surface area contributed by atoms with Crippen LogP contribution >= 0.6 is 34.0 Å². The SMILES string of the molecule is O=C1C(=Cc2cc3sc(-c4nccs4)nc3s2)C(=O)c2cc3ccccc3cc21. The molecule has 5 aromatic rings. The molecule has 1 aliphatic rings. The number of allylic oxidation sites excluding steroid dienone is 1. The Morgan fingerprint density at radius 1 is 0.862 bits per heavy atom. The maximum Gasteiger partial charge on any atom is 0.197 e. The summed E-state index contributed by atoms with van der Waals surface area (Å²) in [5.41, 5.74) is 1.20. The third-order valence-electron chi connectivity index (χ3n) is 4.87. The topological polar surface area (TPSA) is 59.9 Å². The average molecular weight is 431 g/mol. The van der Waals surface area contributed by atoms with Gasteiger partial charge in [0.15, 0.2) is 21.6 Å². The Hall–Kier alpha value is -3.00. The molecule has 0 saturated heterocycles. The fourth-order valence-electron chi connectivity index (χ4n) is 3.53. The van der Waals surface area contributed by atoms with E-state index in [1.165, 1.54) is 11.3 Å². The van der Waals surface area contributed by atoms with E-state index in [-0.39, 0.29) is 17.1 Å². The fourth-order valence-corrected chi connectivity index (χ4v) is 6.37. The van der Waals surface area contributed by atoms with Gasteiger partial charge < -0.3 is 0 Å². The zero-order chi connectivity index (χ0) is 19.5. The molecule has 3 heterocycles. The molecule has 0 N–H and O–H groups in total. The minimum Gasteiger partial charge on any atom is -0.288 e. The molecule has 0 radical (unpaired) electrons. The molecule has 0 unspecified atom stereocenters. The van der Waals surface area contributed by atoms with Gasteiger partial charge in [0.1, 0.15) is 4.83 Å². The van der Waals surface area contributed by atoms with Crippen LogP contribution in [0.1, 0.15) is 25.6 Å². The molecular formula is C22H10N2O2S3. The van der Waals surface area contributed by atoms with Gasteiger partial charge in [0, 0.05) is 27.6 Å². The van der Waals surface area contributed by atoms with Crippen molar-refractivity contribution in [3.8, 4) is 10.0 Å². The van der Waals surface area contributed by atoms with E-state index in [9.17, 15) is 9.59 Å². The number of thiophene rings is 1. The van der Waals surface area contributed by atoms with Crippen LogP contribution in [0.5, 0.6) is 0 Å². The first kappa shape index (κ1) is 16.9. The molecule has 0 spiro atoms. The average Bonchev–Trinajstić information content (AvgIpc) is 3.48. The Kier molecular flexibility index (Phi) is 3.64. The number of hydrogen-bond donors (Lipinski definition) is 0. The maximum atomic E-state index is 12.9. The van der Waals surface area contributed by atoms with Crippen LogP contribution in [0, 0.1) is 0 Å². The predicted molar refractivity (Wildman–Crippen MR) is 119 cm³/mol. The van der Waals surface area contributed by atoms with Gasteiger partial charge in [-0.25, -0.2) is 9.97 Å². The van der Waals surface area contributed by atoms with E-state index in [4.69, 9.17) is 0 Å². The standard InChI is InChI=1S/C22H10N2O2S3/c25-18-14-7-11-3-1-2-4-12(11)8-15(14)19(26)16(18)9-13-10-17-20(28-13)24-22(29-17)21-23-5-6-27-21/h1-10H. The molecule has 0 atom stereocenters. The van der Waals surface area contributed by atoms with Gasteiger partial charge in [-0.1, -0.05) is 24.3 Å². The number of fused-ring (bicyclic) bond motifs is 3. The lowest BCUT2D eigenvalue weighted by molar-refractivity contribution is 0.0990. The summed E-state index contributed by atoms with van der Waals surface area (Å²) >= 11 is 4.62. The van der Waals surface area contributed by atoms with E-state index < -0.39 is 0 Å². The van der Waals surface area contributed by atoms with Gasteiger partial charge in [-0.3, -0.25) is 9.59 Å². The number of nitrogens with zero attached hydrogens (tertiary/aromatic N) is 2. The van der Waals surface area contributed by atoms with Crippen molar-refractivity contribution in [1.29, 1.82) is 0 Å². The normalized spacial score (nSPS) is 13.6. The highest BCUT2D eigenvalue weighted by Gasteiger charge is 2.33. The lowest BCUT2D eigenvalue weighted by Crippen LogP contribution is -1.99. The Bertz CT molecular complexity index is 1400. The minimum absolute atomic E-state index is 0.205. The van der Waals surface area contributed by atoms with Crippen LogP contribution in [0.2, 0.25) is 0 Å². The molecule has 0 saturated carbocycles. The van der Waals surface area contributed by atoms with E-state index in [1.54, 1.807) is 34.9 Å². The summed E-state index contributed by atoms with van der Waals surface area (Å²) < 4.78 is 1.04. The van der Waals surface area contributed by atoms with Crippen molar-refractivity contribution in [2.45, 2.75) is 0 Å². The van der Waals surface area contributed by atoms with Crippen molar-refractivity contribution >= 4 is 72.0 Å². The van der Waals surface area contributed by atoms with Crippen molar-refractivity contribution in [3.05, 3.63) is 75.6 Å². The van der Waals surface area contributed by atoms with Gasteiger partial charge in [0.05, 0.1) is 10.3 Å². The molecule has 1 aliphatic carbocycles. The Balaban J connectivity index is 1.41. The smallest absolute Gasteiger partial charge is 0.197 e. The summed E-state index contributed by atoms with van der Waals surface area (Å²) in [6.45, 7) is 0. The molecular weight excluding hydrogens is 420 g/mol. The number of benzene rings is 2. The zero-order valence-corrected chi connectivity index (χ0v) is 17.2. The lowest BCUT2D eigenvalue weighted by atomic mass is 10.0. The molecule has 6 rings (SSSR count). The third kappa shape index (κ3) is 2.62. The molecule has 0 amide bonds. The van der Waals surface area contributed by atoms with Gasteiger partial charge in [0.25, 0.3) is 0 Å². The number of rotatable bonds is 2. The molecule has 7 heteroatoms. The Morgan fingerprint density at radius 3 is 2.21 bits per heavy atom. The quantitative estimate of drug-likeness (QED) is 0.251. The molecule has 138 valence electrons. The van der Waals surface area contributed by atoms with Crippen LogP contribution in [-0.2, 0) is 0 Å². The van der Waals surface area contributed by atoms with Crippen molar-refractivity contribution < 1.29 is 9.59 Å². The van der Waals surface area contributed by atoms with E-state index >= 15 is 0 Å². The number of Topliss-reactive ketones (excluding diaryl/α,β-unsaturated/α-hetero) is 2. The first-order chi connectivity index (χ1) is 14.2. The van der Waals surface area contributed by atoms with Crippen molar-refractivity contribution in [1.82, 2.24) is 9.97 Å². The minimum atomic E-state index is -0.205. The molecule has 29 heavy (non-hydrogen) atoms. The zero-order valence-electron chi connectivity index (χ0n) is 14.7. The second-order valence-corrected chi connectivity index (χ2v) is 9.62. The molecule has 2 aromatic carbocycles. The van der Waals surface area contributed by atoms with Gasteiger partial charge >= 0.3 is 0 Å². The maximum absolute atomic E-state index is 12.9. The fraction of sp³-hybridized carbons (Fsp3) is 0. The summed E-state index contributed by atoms with van der Waals surface area (Å²) in [4.78, 5) is 36.5. The molecule has 0 fully saturated rings. The number of carbonyl (C=O) groups is 2. The van der Waals surface area contributed by atoms with E-state index in [2.05, 4.69) is 9.97 Å². The summed E-state index contributed by atoms with van der Waals surface area (Å²) in [6, 6.07) is 13.4. The van der Waals surface area contributed by atoms with E-state index in [0.29, 0.717) is 11.1 Å². The molecule has 0 aliphatic heterocycles. The number of carbonyl (C=O) groups excluding carboxylic acids is 2. The van der Waals surface area contributed by atoms with Crippen LogP contribution in [0.15, 0.2) is 59.6 Å². The predicted octanol–water partition coefficient (Wildman–Crippen LogP) is 6.10. The van der Waals surface area contributed by atoms with Gasteiger partial charge in [0.2, 0.25) is 0 Å². The van der Waals surface area contributed by atoms with Gasteiger partial charge in [-0.15, -0.1) is 34.0 Å². The number of thiazole rings is 2. The number of ketones is 2. The first-order valence-corrected chi connectivity index (χ1v) is 11.3. The van der Waals surface area contributed by atoms with Gasteiger partial charge in [-0.05, 0) is 35.0 Å². The summed E-state index contributed by atoms with van der Waals surface area (Å²) in [5.74, 6) is -0.409. The second kappa shape index (κ2) is 6.25. The molecule has 0 bridgehead atoms. The van der Waals surface area contributed by atoms with Crippen LogP contribution in [0.25, 0.3) is 36.4 Å². The third-order valence-corrected chi connectivity index (χ3v) is 7.90. The Labute approximate surface area is 176 Å². The highest BCUT2D eigenvalue weighted by atomic mass is 32.1. The summed E-state index contributed by atoms with van der Waals surface area (Å²) in [7, 11) is 0. The van der Waals surface area contributed by atoms with Gasteiger partial charge in [-0.2, -0.15) is 0 Å². The van der Waals surface area contributed by atoms with Crippen molar-refractivity contribution in [2.75, 3.05) is 0 Å². The van der Waals surface area contributed by atoms with E-state index in [0.717, 1.165) is 35.2 Å².